The van der Waals surface area contributed by atoms with Gasteiger partial charge >= 0.3 is 0 Å². The molecule has 0 amide bonds. The van der Waals surface area contributed by atoms with Crippen LogP contribution in [0.1, 0.15) is 50.2 Å². The van der Waals surface area contributed by atoms with E-state index in [0.717, 1.165) is 12.1 Å². The molecule has 0 saturated heterocycles. The molecule has 2 aliphatic rings. The molecule has 0 bridgehead atoms. The average Bonchev–Trinajstić information content (AvgIpc) is 3.13. The lowest BCUT2D eigenvalue weighted by atomic mass is 10.0. The number of para-hydroxylation sites is 1. The average molecular weight is 384 g/mol. The first kappa shape index (κ1) is 18.2. The maximum atomic E-state index is 4.82. The van der Waals surface area contributed by atoms with Crippen LogP contribution in [0.2, 0.25) is 0 Å². The van der Waals surface area contributed by atoms with Crippen LogP contribution in [-0.2, 0) is 6.42 Å². The van der Waals surface area contributed by atoms with Gasteiger partial charge in [0.15, 0.2) is 0 Å². The molecular weight excluding hydrogens is 354 g/mol. The first-order valence-corrected chi connectivity index (χ1v) is 10.5. The highest BCUT2D eigenvalue weighted by atomic mass is 15.4. The van der Waals surface area contributed by atoms with E-state index in [2.05, 4.69) is 99.9 Å². The lowest BCUT2D eigenvalue weighted by Crippen LogP contribution is -2.49. The van der Waals surface area contributed by atoms with E-state index >= 15 is 0 Å². The van der Waals surface area contributed by atoms with Crippen LogP contribution >= 0.6 is 0 Å². The first-order valence-electron chi connectivity index (χ1n) is 10.5. The van der Waals surface area contributed by atoms with Crippen LogP contribution < -0.4 is 9.80 Å². The third-order valence-electron chi connectivity index (χ3n) is 6.33. The van der Waals surface area contributed by atoms with Crippen molar-refractivity contribution in [3.8, 4) is 11.1 Å². The second-order valence-electron chi connectivity index (χ2n) is 9.45. The van der Waals surface area contributed by atoms with E-state index in [1.165, 1.54) is 45.0 Å². The molecule has 3 aromatic rings. The van der Waals surface area contributed by atoms with Gasteiger partial charge in [-0.15, -0.1) is 0 Å². The Morgan fingerprint density at radius 1 is 0.897 bits per heavy atom. The van der Waals surface area contributed by atoms with Crippen molar-refractivity contribution in [2.24, 2.45) is 0 Å². The third kappa shape index (κ3) is 2.67. The summed E-state index contributed by atoms with van der Waals surface area (Å²) < 4.78 is 0. The molecule has 0 saturated carbocycles. The van der Waals surface area contributed by atoms with Crippen molar-refractivity contribution in [2.45, 2.75) is 59.7 Å². The van der Waals surface area contributed by atoms with Crippen molar-refractivity contribution >= 4 is 17.1 Å². The maximum absolute atomic E-state index is 4.82. The molecule has 0 N–H and O–H groups in total. The third-order valence-corrected chi connectivity index (χ3v) is 6.33. The summed E-state index contributed by atoms with van der Waals surface area (Å²) in [4.78, 5) is 9.89. The largest absolute Gasteiger partial charge is 0.345 e. The van der Waals surface area contributed by atoms with E-state index in [0.29, 0.717) is 0 Å². The highest BCUT2D eigenvalue weighted by molar-refractivity contribution is 5.91. The molecule has 0 fully saturated rings. The Morgan fingerprint density at radius 3 is 2.38 bits per heavy atom. The Balaban J connectivity index is 1.74. The minimum Gasteiger partial charge on any atom is -0.345 e. The number of aryl methyl sites for hydroxylation is 2. The van der Waals surface area contributed by atoms with Crippen LogP contribution in [0.4, 0.5) is 17.1 Å². The summed E-state index contributed by atoms with van der Waals surface area (Å²) in [5.74, 6) is 0. The number of anilines is 3. The highest BCUT2D eigenvalue weighted by Gasteiger charge is 2.41. The lowest BCUT2D eigenvalue weighted by molar-refractivity contribution is 0.468. The van der Waals surface area contributed by atoms with Crippen LogP contribution in [0.15, 0.2) is 48.5 Å². The summed E-state index contributed by atoms with van der Waals surface area (Å²) in [6, 6.07) is 17.9. The van der Waals surface area contributed by atoms with Crippen molar-refractivity contribution in [3.63, 3.8) is 0 Å². The predicted octanol–water partition coefficient (Wildman–Crippen LogP) is 6.37. The Kier molecular flexibility index (Phi) is 3.83. The Bertz CT molecular complexity index is 1120. The van der Waals surface area contributed by atoms with Gasteiger partial charge in [-0.3, -0.25) is 4.98 Å². The topological polar surface area (TPSA) is 19.4 Å². The Hall–Kier alpha value is -2.81. The molecule has 148 valence electrons. The van der Waals surface area contributed by atoms with E-state index in [4.69, 9.17) is 4.98 Å². The van der Waals surface area contributed by atoms with Crippen LogP contribution in [0, 0.1) is 13.8 Å². The summed E-state index contributed by atoms with van der Waals surface area (Å²) in [7, 11) is 0. The molecule has 0 unspecified atom stereocenters. The molecule has 5 rings (SSSR count). The summed E-state index contributed by atoms with van der Waals surface area (Å²) in [6.07, 6.45) is 1.18. The van der Waals surface area contributed by atoms with Crippen molar-refractivity contribution in [1.82, 2.24) is 4.98 Å². The minimum absolute atomic E-state index is 0.0279. The normalized spacial score (nSPS) is 17.4. The molecule has 0 spiro atoms. The van der Waals surface area contributed by atoms with Gasteiger partial charge in [0.1, 0.15) is 6.17 Å². The van der Waals surface area contributed by atoms with Crippen molar-refractivity contribution in [1.29, 1.82) is 0 Å². The number of nitrogens with zero attached hydrogens (tertiary/aromatic N) is 3. The molecule has 0 radical (unpaired) electrons. The molecule has 1 aliphatic carbocycles. The van der Waals surface area contributed by atoms with E-state index in [1.807, 2.05) is 0 Å². The molecule has 3 heteroatoms. The molecule has 2 heterocycles. The molecule has 1 aliphatic heterocycles. The molecule has 1 atom stereocenters. The van der Waals surface area contributed by atoms with Crippen LogP contribution in [0.3, 0.4) is 0 Å². The number of aromatic nitrogens is 1. The fourth-order valence-corrected chi connectivity index (χ4v) is 5.18. The number of hydrogen-bond donors (Lipinski definition) is 0. The van der Waals surface area contributed by atoms with E-state index in [9.17, 15) is 0 Å². The zero-order valence-corrected chi connectivity index (χ0v) is 18.2. The number of fused-ring (bicyclic) bond motifs is 4. The van der Waals surface area contributed by atoms with Gasteiger partial charge in [-0.1, -0.05) is 24.3 Å². The highest BCUT2D eigenvalue weighted by Crippen LogP contribution is 2.51. The van der Waals surface area contributed by atoms with Crippen molar-refractivity contribution < 1.29 is 0 Å². The molecular formula is C26H29N3. The van der Waals surface area contributed by atoms with E-state index in [-0.39, 0.29) is 11.7 Å². The van der Waals surface area contributed by atoms with Gasteiger partial charge in [-0.2, -0.15) is 0 Å². The minimum atomic E-state index is 0.0279. The summed E-state index contributed by atoms with van der Waals surface area (Å²) in [6.45, 7) is 13.5. The Morgan fingerprint density at radius 2 is 1.66 bits per heavy atom. The Labute approximate surface area is 174 Å². The van der Waals surface area contributed by atoms with Crippen molar-refractivity contribution in [3.05, 3.63) is 71.0 Å². The quantitative estimate of drug-likeness (QED) is 0.380. The fourth-order valence-electron chi connectivity index (χ4n) is 5.18. The predicted molar refractivity (Wildman–Crippen MR) is 122 cm³/mol. The summed E-state index contributed by atoms with van der Waals surface area (Å²) in [5, 5.41) is 0. The van der Waals surface area contributed by atoms with Gasteiger partial charge in [0.2, 0.25) is 0 Å². The zero-order valence-electron chi connectivity index (χ0n) is 18.2. The second kappa shape index (κ2) is 6.09. The van der Waals surface area contributed by atoms with Crippen molar-refractivity contribution in [2.75, 3.05) is 9.80 Å². The number of benzene rings is 2. The lowest BCUT2D eigenvalue weighted by Gasteiger charge is -2.40. The fraction of sp³-hybridized carbons (Fsp3) is 0.346. The monoisotopic (exact) mass is 383 g/mol. The maximum Gasteiger partial charge on any atom is 0.104 e. The number of rotatable bonds is 1. The molecule has 1 aromatic heterocycles. The van der Waals surface area contributed by atoms with Gasteiger partial charge in [-0.05, 0) is 82.5 Å². The number of hydrogen-bond acceptors (Lipinski definition) is 3. The standard InChI is InChI=1S/C26H29N3/c1-16-9-7-8-10-23(16)28-18(3)29(26(4,5)6)25-14-19-13-22-20(12-11-17(2)27-22)21(19)15-24(25)28/h7-12,14-15,18H,13H2,1-6H3/t18-/m1/s1. The van der Waals surface area contributed by atoms with Gasteiger partial charge < -0.3 is 9.80 Å². The van der Waals surface area contributed by atoms with Gasteiger partial charge in [0, 0.05) is 28.9 Å². The summed E-state index contributed by atoms with van der Waals surface area (Å²) in [5.41, 5.74) is 11.6. The first-order chi connectivity index (χ1) is 13.8. The van der Waals surface area contributed by atoms with Gasteiger partial charge in [0.05, 0.1) is 17.1 Å². The van der Waals surface area contributed by atoms with Gasteiger partial charge in [-0.25, -0.2) is 0 Å². The molecule has 3 nitrogen and oxygen atoms in total. The smallest absolute Gasteiger partial charge is 0.104 e. The van der Waals surface area contributed by atoms with Gasteiger partial charge in [0.25, 0.3) is 0 Å². The second-order valence-corrected chi connectivity index (χ2v) is 9.45. The molecule has 2 aromatic carbocycles. The van der Waals surface area contributed by atoms with Crippen LogP contribution in [0.5, 0.6) is 0 Å². The van der Waals surface area contributed by atoms with Crippen LogP contribution in [0.25, 0.3) is 11.1 Å². The molecule has 29 heavy (non-hydrogen) atoms. The SMILES string of the molecule is Cc1ccc2c(n1)Cc1cc3c(cc1-2)N(c1ccccc1C)[C@@H](C)N3C(C)(C)C. The zero-order chi connectivity index (χ0) is 20.5. The van der Waals surface area contributed by atoms with Crippen LogP contribution in [-0.4, -0.2) is 16.7 Å². The van der Waals surface area contributed by atoms with E-state index < -0.39 is 0 Å². The van der Waals surface area contributed by atoms with E-state index in [1.54, 1.807) is 0 Å². The summed E-state index contributed by atoms with van der Waals surface area (Å²) >= 11 is 0. The number of pyridine rings is 1.